The third kappa shape index (κ3) is 2.98. The lowest BCUT2D eigenvalue weighted by atomic mass is 10.0. The van der Waals surface area contributed by atoms with Gasteiger partial charge in [0, 0.05) is 18.1 Å². The van der Waals surface area contributed by atoms with E-state index >= 15 is 0 Å². The minimum Gasteiger partial charge on any atom is -0.377 e. The van der Waals surface area contributed by atoms with Crippen LogP contribution in [0, 0.1) is 0 Å². The first-order valence-electron chi connectivity index (χ1n) is 6.81. The lowest BCUT2D eigenvalue weighted by Crippen LogP contribution is -2.11. The zero-order valence-electron chi connectivity index (χ0n) is 11.7. The van der Waals surface area contributed by atoms with Crippen LogP contribution in [0.3, 0.4) is 0 Å². The summed E-state index contributed by atoms with van der Waals surface area (Å²) in [7, 11) is 0. The van der Waals surface area contributed by atoms with Gasteiger partial charge in [0.2, 0.25) is 0 Å². The van der Waals surface area contributed by atoms with Crippen LogP contribution in [0.4, 0.5) is 14.5 Å². The molecule has 1 aromatic heterocycles. The van der Waals surface area contributed by atoms with Gasteiger partial charge in [-0.2, -0.15) is 8.78 Å². The normalized spacial score (nSPS) is 11.1. The van der Waals surface area contributed by atoms with E-state index in [1.54, 1.807) is 0 Å². The molecule has 0 aliphatic heterocycles. The van der Waals surface area contributed by atoms with E-state index in [0.29, 0.717) is 12.4 Å². The molecule has 0 unspecified atom stereocenters. The molecule has 1 aromatic carbocycles. The van der Waals surface area contributed by atoms with Crippen molar-refractivity contribution in [1.29, 1.82) is 0 Å². The zero-order chi connectivity index (χ0) is 14.5. The van der Waals surface area contributed by atoms with Gasteiger partial charge in [0.1, 0.15) is 5.82 Å². The van der Waals surface area contributed by atoms with Gasteiger partial charge in [0.15, 0.2) is 0 Å². The number of aryl methyl sites for hydroxylation is 2. The van der Waals surface area contributed by atoms with Crippen LogP contribution in [0.1, 0.15) is 37.3 Å². The van der Waals surface area contributed by atoms with Gasteiger partial charge in [-0.15, -0.1) is 0 Å². The molecule has 108 valence electrons. The predicted molar refractivity (Wildman–Crippen MR) is 76.0 cm³/mol. The number of nitrogens with one attached hydrogen (secondary N) is 1. The highest BCUT2D eigenvalue weighted by Gasteiger charge is 2.12. The smallest absolute Gasteiger partial charge is 0.319 e. The fourth-order valence-corrected chi connectivity index (χ4v) is 2.30. The second kappa shape index (κ2) is 6.50. The zero-order valence-corrected chi connectivity index (χ0v) is 11.7. The monoisotopic (exact) mass is 279 g/mol. The van der Waals surface area contributed by atoms with Crippen LogP contribution >= 0.6 is 0 Å². The minimum atomic E-state index is -2.55. The number of nitrogens with zero attached hydrogens (tertiary/aromatic N) is 2. The summed E-state index contributed by atoms with van der Waals surface area (Å²) in [6.45, 7) is 1.91. The van der Waals surface area contributed by atoms with Crippen molar-refractivity contribution in [3.63, 3.8) is 0 Å². The van der Waals surface area contributed by atoms with Crippen molar-refractivity contribution < 1.29 is 8.78 Å². The quantitative estimate of drug-likeness (QED) is 0.865. The molecule has 2 aromatic rings. The molecule has 0 amide bonds. The molecule has 0 saturated carbocycles. The van der Waals surface area contributed by atoms with E-state index in [2.05, 4.69) is 36.3 Å². The highest BCUT2D eigenvalue weighted by molar-refractivity contribution is 5.57. The summed E-state index contributed by atoms with van der Waals surface area (Å²) in [4.78, 5) is 3.98. The molecule has 0 saturated heterocycles. The van der Waals surface area contributed by atoms with Crippen molar-refractivity contribution in [1.82, 2.24) is 9.55 Å². The number of anilines is 1. The maximum absolute atomic E-state index is 12.8. The van der Waals surface area contributed by atoms with E-state index in [-0.39, 0.29) is 0 Å². The molecule has 0 radical (unpaired) electrons. The topological polar surface area (TPSA) is 29.9 Å². The van der Waals surface area contributed by atoms with Gasteiger partial charge in [0.25, 0.3) is 0 Å². The molecule has 1 heterocycles. The molecule has 1 N–H and O–H groups in total. The van der Waals surface area contributed by atoms with Crippen molar-refractivity contribution in [3.05, 3.63) is 47.5 Å². The number of aromatic nitrogens is 2. The molecule has 0 spiro atoms. The van der Waals surface area contributed by atoms with Gasteiger partial charge in [-0.1, -0.05) is 32.0 Å². The highest BCUT2D eigenvalue weighted by atomic mass is 19.3. The Hall–Kier alpha value is -1.91. The fourth-order valence-electron chi connectivity index (χ4n) is 2.30. The molecule has 0 bridgehead atoms. The van der Waals surface area contributed by atoms with Gasteiger partial charge in [-0.25, -0.2) is 4.98 Å². The van der Waals surface area contributed by atoms with Crippen LogP contribution in [-0.4, -0.2) is 9.55 Å². The largest absolute Gasteiger partial charge is 0.377 e. The maximum Gasteiger partial charge on any atom is 0.319 e. The third-order valence-electron chi connectivity index (χ3n) is 3.38. The number of imidazole rings is 1. The van der Waals surface area contributed by atoms with Gasteiger partial charge in [-0.05, 0) is 24.0 Å². The number of halogens is 2. The lowest BCUT2D eigenvalue weighted by Gasteiger charge is -2.15. The summed E-state index contributed by atoms with van der Waals surface area (Å²) in [5.74, 6) is 0.341. The molecule has 20 heavy (non-hydrogen) atoms. The number of rotatable bonds is 6. The number of benzene rings is 1. The van der Waals surface area contributed by atoms with Crippen LogP contribution in [0.2, 0.25) is 0 Å². The van der Waals surface area contributed by atoms with Crippen molar-refractivity contribution in [2.24, 2.45) is 0 Å². The average molecular weight is 279 g/mol. The SMILES string of the molecule is CCc1cccc(CC)c1NCc1nccn1C(F)F. The minimum absolute atomic E-state index is 0.293. The Morgan fingerprint density at radius 2 is 1.85 bits per heavy atom. The molecular formula is C15H19F2N3. The van der Waals surface area contributed by atoms with Gasteiger partial charge >= 0.3 is 6.55 Å². The first-order chi connectivity index (χ1) is 9.67. The van der Waals surface area contributed by atoms with Crippen LogP contribution in [0.5, 0.6) is 0 Å². The molecule has 0 aliphatic carbocycles. The van der Waals surface area contributed by atoms with E-state index in [9.17, 15) is 8.78 Å². The van der Waals surface area contributed by atoms with Gasteiger partial charge < -0.3 is 5.32 Å². The molecule has 5 heteroatoms. The van der Waals surface area contributed by atoms with Gasteiger partial charge in [-0.3, -0.25) is 4.57 Å². The second-order valence-corrected chi connectivity index (χ2v) is 4.54. The lowest BCUT2D eigenvalue weighted by molar-refractivity contribution is 0.0673. The van der Waals surface area contributed by atoms with Crippen molar-refractivity contribution in [3.8, 4) is 0 Å². The molecule has 2 rings (SSSR count). The Labute approximate surface area is 117 Å². The molecule has 3 nitrogen and oxygen atoms in total. The van der Waals surface area contributed by atoms with E-state index in [0.717, 1.165) is 23.1 Å². The second-order valence-electron chi connectivity index (χ2n) is 4.54. The Bertz CT molecular complexity index is 542. The standard InChI is InChI=1S/C15H19F2N3/c1-3-11-6-5-7-12(4-2)14(11)19-10-13-18-8-9-20(13)15(16)17/h5-9,15,19H,3-4,10H2,1-2H3. The van der Waals surface area contributed by atoms with E-state index in [1.165, 1.54) is 23.5 Å². The van der Waals surface area contributed by atoms with Crippen LogP contribution in [0.15, 0.2) is 30.6 Å². The van der Waals surface area contributed by atoms with Crippen molar-refractivity contribution >= 4 is 5.69 Å². The Morgan fingerprint density at radius 1 is 1.20 bits per heavy atom. The highest BCUT2D eigenvalue weighted by Crippen LogP contribution is 2.23. The van der Waals surface area contributed by atoms with Crippen LogP contribution in [0.25, 0.3) is 0 Å². The van der Waals surface area contributed by atoms with Crippen LogP contribution < -0.4 is 5.32 Å². The average Bonchev–Trinajstić information content (AvgIpc) is 2.93. The molecule has 0 fully saturated rings. The fraction of sp³-hybridized carbons (Fsp3) is 0.400. The van der Waals surface area contributed by atoms with E-state index < -0.39 is 6.55 Å². The number of hydrogen-bond acceptors (Lipinski definition) is 2. The van der Waals surface area contributed by atoms with Crippen LogP contribution in [-0.2, 0) is 19.4 Å². The number of alkyl halides is 2. The third-order valence-corrected chi connectivity index (χ3v) is 3.38. The van der Waals surface area contributed by atoms with E-state index in [1.807, 2.05) is 6.07 Å². The molecule has 0 aliphatic rings. The van der Waals surface area contributed by atoms with Crippen molar-refractivity contribution in [2.45, 2.75) is 39.8 Å². The summed E-state index contributed by atoms with van der Waals surface area (Å²) in [6, 6.07) is 6.14. The summed E-state index contributed by atoms with van der Waals surface area (Å²) in [5, 5.41) is 3.26. The summed E-state index contributed by atoms with van der Waals surface area (Å²) < 4.78 is 26.4. The summed E-state index contributed by atoms with van der Waals surface area (Å²) >= 11 is 0. The Morgan fingerprint density at radius 3 is 2.40 bits per heavy atom. The van der Waals surface area contributed by atoms with Gasteiger partial charge in [0.05, 0.1) is 6.54 Å². The number of para-hydroxylation sites is 1. The molecule has 0 atom stereocenters. The predicted octanol–water partition coefficient (Wildman–Crippen LogP) is 4.02. The van der Waals surface area contributed by atoms with Crippen molar-refractivity contribution in [2.75, 3.05) is 5.32 Å². The first kappa shape index (κ1) is 14.5. The van der Waals surface area contributed by atoms with E-state index in [4.69, 9.17) is 0 Å². The molecular weight excluding hydrogens is 260 g/mol. The Balaban J connectivity index is 2.20. The number of hydrogen-bond donors (Lipinski definition) is 1. The first-order valence-corrected chi connectivity index (χ1v) is 6.81. The maximum atomic E-state index is 12.8. The Kier molecular flexibility index (Phi) is 4.71. The summed E-state index contributed by atoms with van der Waals surface area (Å²) in [6.07, 6.45) is 4.50. The summed E-state index contributed by atoms with van der Waals surface area (Å²) in [5.41, 5.74) is 3.43.